The van der Waals surface area contributed by atoms with E-state index in [1.165, 1.54) is 6.07 Å². The Balaban J connectivity index is 0.00000196. The molecule has 0 amide bonds. The number of nitrogens with two attached hydrogens (primary N) is 1. The molecule has 0 aliphatic carbocycles. The molecule has 0 aliphatic heterocycles. The molecule has 0 unspecified atom stereocenters. The summed E-state index contributed by atoms with van der Waals surface area (Å²) in [5.41, 5.74) is 6.02. The van der Waals surface area contributed by atoms with Gasteiger partial charge in [0.1, 0.15) is 0 Å². The van der Waals surface area contributed by atoms with Crippen molar-refractivity contribution in [2.24, 2.45) is 5.73 Å². The Morgan fingerprint density at radius 3 is 2.67 bits per heavy atom. The highest BCUT2D eigenvalue weighted by Crippen LogP contribution is 2.27. The molecule has 0 saturated carbocycles. The molecule has 0 aliphatic rings. The SMILES string of the molecule is Cl.N[C@@H](CO)c1ccc(Br)c([N+](=O)[O-])c1. The molecule has 1 rings (SSSR count). The number of rotatable bonds is 3. The predicted molar refractivity (Wildman–Crippen MR) is 62.1 cm³/mol. The van der Waals surface area contributed by atoms with E-state index >= 15 is 0 Å². The Hall–Kier alpha value is -0.690. The molecule has 0 spiro atoms. The third-order valence-corrected chi connectivity index (χ3v) is 2.46. The van der Waals surface area contributed by atoms with Crippen molar-refractivity contribution in [3.63, 3.8) is 0 Å². The summed E-state index contributed by atoms with van der Waals surface area (Å²) < 4.78 is 0.399. The normalized spacial score (nSPS) is 11.7. The van der Waals surface area contributed by atoms with Crippen molar-refractivity contribution in [3.8, 4) is 0 Å². The molecule has 0 radical (unpaired) electrons. The van der Waals surface area contributed by atoms with Crippen LogP contribution in [0.5, 0.6) is 0 Å². The molecule has 1 aromatic rings. The highest BCUT2D eigenvalue weighted by Gasteiger charge is 2.14. The van der Waals surface area contributed by atoms with Crippen LogP contribution in [0, 0.1) is 10.1 Å². The summed E-state index contributed by atoms with van der Waals surface area (Å²) in [7, 11) is 0. The van der Waals surface area contributed by atoms with Gasteiger partial charge in [-0.15, -0.1) is 12.4 Å². The van der Waals surface area contributed by atoms with Crippen molar-refractivity contribution in [2.75, 3.05) is 6.61 Å². The van der Waals surface area contributed by atoms with Gasteiger partial charge in [-0.25, -0.2) is 0 Å². The first-order valence-corrected chi connectivity index (χ1v) is 4.66. The zero-order valence-electron chi connectivity index (χ0n) is 7.59. The van der Waals surface area contributed by atoms with E-state index in [0.29, 0.717) is 10.0 Å². The van der Waals surface area contributed by atoms with Crippen molar-refractivity contribution >= 4 is 34.0 Å². The van der Waals surface area contributed by atoms with E-state index < -0.39 is 11.0 Å². The Morgan fingerprint density at radius 1 is 1.60 bits per heavy atom. The third kappa shape index (κ3) is 3.42. The van der Waals surface area contributed by atoms with Gasteiger partial charge in [0.2, 0.25) is 0 Å². The predicted octanol–water partition coefficient (Wildman–Crippen LogP) is 1.77. The van der Waals surface area contributed by atoms with Gasteiger partial charge in [0, 0.05) is 6.07 Å². The monoisotopic (exact) mass is 296 g/mol. The number of nitrogens with zero attached hydrogens (tertiary/aromatic N) is 1. The summed E-state index contributed by atoms with van der Waals surface area (Å²) in [6.45, 7) is -0.237. The number of nitro groups is 1. The first-order valence-electron chi connectivity index (χ1n) is 3.86. The van der Waals surface area contributed by atoms with E-state index in [-0.39, 0.29) is 24.7 Å². The third-order valence-electron chi connectivity index (χ3n) is 1.79. The van der Waals surface area contributed by atoms with Crippen molar-refractivity contribution in [2.45, 2.75) is 6.04 Å². The molecule has 84 valence electrons. The number of benzene rings is 1. The van der Waals surface area contributed by atoms with E-state index in [2.05, 4.69) is 15.9 Å². The number of aliphatic hydroxyl groups excluding tert-OH is 1. The molecule has 3 N–H and O–H groups in total. The topological polar surface area (TPSA) is 89.4 Å². The minimum Gasteiger partial charge on any atom is -0.394 e. The number of hydrogen-bond donors (Lipinski definition) is 2. The smallest absolute Gasteiger partial charge is 0.283 e. The quantitative estimate of drug-likeness (QED) is 0.657. The summed E-state index contributed by atoms with van der Waals surface area (Å²) in [5.74, 6) is 0. The molecule has 0 heterocycles. The number of hydrogen-bond acceptors (Lipinski definition) is 4. The summed E-state index contributed by atoms with van der Waals surface area (Å²) >= 11 is 3.06. The van der Waals surface area contributed by atoms with Crippen LogP contribution in [-0.2, 0) is 0 Å². The van der Waals surface area contributed by atoms with Crippen LogP contribution in [0.15, 0.2) is 22.7 Å². The molecule has 5 nitrogen and oxygen atoms in total. The molecule has 0 aromatic heterocycles. The van der Waals surface area contributed by atoms with Crippen LogP contribution < -0.4 is 5.73 Å². The summed E-state index contributed by atoms with van der Waals surface area (Å²) in [6.07, 6.45) is 0. The number of halogens is 2. The second-order valence-electron chi connectivity index (χ2n) is 2.76. The molecule has 7 heteroatoms. The van der Waals surface area contributed by atoms with Gasteiger partial charge in [-0.2, -0.15) is 0 Å². The van der Waals surface area contributed by atoms with E-state index in [0.717, 1.165) is 0 Å². The van der Waals surface area contributed by atoms with Crippen LogP contribution in [0.4, 0.5) is 5.69 Å². The molecular weight excluding hydrogens is 287 g/mol. The molecular formula is C8H10BrClN2O3. The van der Waals surface area contributed by atoms with E-state index in [4.69, 9.17) is 10.8 Å². The minimum absolute atomic E-state index is 0. The highest BCUT2D eigenvalue weighted by molar-refractivity contribution is 9.10. The second kappa shape index (κ2) is 6.02. The minimum atomic E-state index is -0.582. The Labute approximate surface area is 101 Å². The fraction of sp³-hybridized carbons (Fsp3) is 0.250. The highest BCUT2D eigenvalue weighted by atomic mass is 79.9. The average Bonchev–Trinajstić information content (AvgIpc) is 2.17. The Kier molecular flexibility index (Phi) is 5.74. The Bertz CT molecular complexity index is 362. The van der Waals surface area contributed by atoms with Crippen molar-refractivity contribution < 1.29 is 10.0 Å². The lowest BCUT2D eigenvalue weighted by Crippen LogP contribution is -2.14. The first kappa shape index (κ1) is 14.3. The van der Waals surface area contributed by atoms with Crippen LogP contribution in [0.2, 0.25) is 0 Å². The largest absolute Gasteiger partial charge is 0.394 e. The van der Waals surface area contributed by atoms with E-state index in [1.54, 1.807) is 12.1 Å². The lowest BCUT2D eigenvalue weighted by molar-refractivity contribution is -0.385. The maximum atomic E-state index is 10.6. The van der Waals surface area contributed by atoms with Gasteiger partial charge >= 0.3 is 0 Å². The van der Waals surface area contributed by atoms with E-state index in [9.17, 15) is 10.1 Å². The molecule has 0 saturated heterocycles. The maximum Gasteiger partial charge on any atom is 0.283 e. The second-order valence-corrected chi connectivity index (χ2v) is 3.61. The zero-order valence-corrected chi connectivity index (χ0v) is 9.99. The summed E-state index contributed by atoms with van der Waals surface area (Å²) in [5, 5.41) is 19.3. The summed E-state index contributed by atoms with van der Waals surface area (Å²) in [4.78, 5) is 10.1. The standard InChI is InChI=1S/C8H9BrN2O3.ClH/c9-6-2-1-5(7(10)4-12)3-8(6)11(13)14;/h1-3,7,12H,4,10H2;1H/t7-;/m0./s1. The molecule has 1 aromatic carbocycles. The van der Waals surface area contributed by atoms with Gasteiger partial charge in [-0.05, 0) is 27.6 Å². The van der Waals surface area contributed by atoms with E-state index in [1.807, 2.05) is 0 Å². The number of aliphatic hydroxyl groups is 1. The molecule has 1 atom stereocenters. The van der Waals surface area contributed by atoms with Crippen LogP contribution >= 0.6 is 28.3 Å². The lowest BCUT2D eigenvalue weighted by atomic mass is 10.1. The van der Waals surface area contributed by atoms with Crippen molar-refractivity contribution in [1.82, 2.24) is 0 Å². The zero-order chi connectivity index (χ0) is 10.7. The fourth-order valence-electron chi connectivity index (χ4n) is 1.01. The van der Waals surface area contributed by atoms with Crippen molar-refractivity contribution in [1.29, 1.82) is 0 Å². The maximum absolute atomic E-state index is 10.6. The van der Waals surface area contributed by atoms with Crippen LogP contribution in [0.1, 0.15) is 11.6 Å². The van der Waals surface area contributed by atoms with Crippen LogP contribution in [-0.4, -0.2) is 16.6 Å². The average molecular weight is 298 g/mol. The van der Waals surface area contributed by atoms with Gasteiger partial charge in [0.05, 0.1) is 22.0 Å². The van der Waals surface area contributed by atoms with Gasteiger partial charge in [-0.3, -0.25) is 10.1 Å². The fourth-order valence-corrected chi connectivity index (χ4v) is 1.40. The van der Waals surface area contributed by atoms with Gasteiger partial charge < -0.3 is 10.8 Å². The van der Waals surface area contributed by atoms with Crippen LogP contribution in [0.25, 0.3) is 0 Å². The first-order chi connectivity index (χ1) is 6.56. The van der Waals surface area contributed by atoms with Gasteiger partial charge in [0.25, 0.3) is 5.69 Å². The molecule has 0 fully saturated rings. The summed E-state index contributed by atoms with van der Waals surface area (Å²) in [6, 6.07) is 3.95. The lowest BCUT2D eigenvalue weighted by Gasteiger charge is -2.08. The van der Waals surface area contributed by atoms with Crippen LogP contribution in [0.3, 0.4) is 0 Å². The molecule has 0 bridgehead atoms. The molecule has 15 heavy (non-hydrogen) atoms. The van der Waals surface area contributed by atoms with Gasteiger partial charge in [-0.1, -0.05) is 6.07 Å². The Morgan fingerprint density at radius 2 is 2.20 bits per heavy atom. The number of nitro benzene ring substituents is 1. The van der Waals surface area contributed by atoms with Crippen molar-refractivity contribution in [3.05, 3.63) is 38.3 Å². The van der Waals surface area contributed by atoms with Gasteiger partial charge in [0.15, 0.2) is 0 Å².